The summed E-state index contributed by atoms with van der Waals surface area (Å²) in [6, 6.07) is 1.22. The Kier molecular flexibility index (Phi) is 7.13. The first kappa shape index (κ1) is 19.2. The lowest BCUT2D eigenvalue weighted by molar-refractivity contribution is 0.0296. The Labute approximate surface area is 136 Å². The molecule has 1 aliphatic heterocycles. The molecule has 1 heterocycles. The highest BCUT2D eigenvalue weighted by atomic mass is 16.6. The van der Waals surface area contributed by atoms with Gasteiger partial charge in [0.15, 0.2) is 0 Å². The minimum absolute atomic E-state index is 0.242. The number of nitrogens with one attached hydrogen (secondary N) is 1. The molecule has 3 unspecified atom stereocenters. The molecule has 1 N–H and O–H groups in total. The van der Waals surface area contributed by atoms with Crippen LogP contribution in [0.3, 0.4) is 0 Å². The molecule has 5 nitrogen and oxygen atoms in total. The predicted octanol–water partition coefficient (Wildman–Crippen LogP) is 2.56. The first-order valence-electron chi connectivity index (χ1n) is 8.48. The lowest BCUT2D eigenvalue weighted by Crippen LogP contribution is -2.51. The van der Waals surface area contributed by atoms with Crippen LogP contribution in [0.25, 0.3) is 0 Å². The summed E-state index contributed by atoms with van der Waals surface area (Å²) in [5.41, 5.74) is -0.427. The van der Waals surface area contributed by atoms with Gasteiger partial charge >= 0.3 is 6.09 Å². The maximum absolute atomic E-state index is 11.9. The zero-order valence-electron chi connectivity index (χ0n) is 15.5. The van der Waals surface area contributed by atoms with Crippen LogP contribution in [0.2, 0.25) is 0 Å². The van der Waals surface area contributed by atoms with Crippen LogP contribution in [0.5, 0.6) is 0 Å². The number of likely N-dealkylation sites (tertiary alicyclic amines) is 1. The molecule has 3 atom stereocenters. The van der Waals surface area contributed by atoms with Gasteiger partial charge in [-0.3, -0.25) is 0 Å². The fourth-order valence-corrected chi connectivity index (χ4v) is 2.86. The average molecular weight is 313 g/mol. The first-order valence-corrected chi connectivity index (χ1v) is 8.48. The van der Waals surface area contributed by atoms with Crippen molar-refractivity contribution in [2.75, 3.05) is 33.7 Å². The van der Waals surface area contributed by atoms with Gasteiger partial charge in [0.25, 0.3) is 0 Å². The van der Waals surface area contributed by atoms with Gasteiger partial charge in [-0.1, -0.05) is 6.92 Å². The highest BCUT2D eigenvalue weighted by Crippen LogP contribution is 2.20. The molecule has 0 bridgehead atoms. The van der Waals surface area contributed by atoms with Crippen molar-refractivity contribution >= 4 is 6.09 Å². The second-order valence-electron chi connectivity index (χ2n) is 7.82. The standard InChI is InChI=1S/C17H35N3O2/c1-13-12-20(7)14(2)11-15(13)18-9-8-10-19(6)16(21)22-17(3,4)5/h13-15,18H,8-12H2,1-7H3. The minimum Gasteiger partial charge on any atom is -0.444 e. The van der Waals surface area contributed by atoms with Crippen LogP contribution >= 0.6 is 0 Å². The second kappa shape index (κ2) is 8.16. The lowest BCUT2D eigenvalue weighted by Gasteiger charge is -2.40. The largest absolute Gasteiger partial charge is 0.444 e. The van der Waals surface area contributed by atoms with Crippen LogP contribution in [-0.2, 0) is 4.74 Å². The summed E-state index contributed by atoms with van der Waals surface area (Å²) >= 11 is 0. The zero-order chi connectivity index (χ0) is 16.9. The van der Waals surface area contributed by atoms with E-state index in [1.165, 1.54) is 6.42 Å². The Hall–Kier alpha value is -0.810. The Morgan fingerprint density at radius 1 is 1.36 bits per heavy atom. The third-order valence-corrected chi connectivity index (χ3v) is 4.39. The fourth-order valence-electron chi connectivity index (χ4n) is 2.86. The molecule has 0 aromatic heterocycles. The molecule has 0 aromatic rings. The summed E-state index contributed by atoms with van der Waals surface area (Å²) in [5, 5.41) is 3.66. The van der Waals surface area contributed by atoms with E-state index in [9.17, 15) is 4.79 Å². The van der Waals surface area contributed by atoms with E-state index in [1.807, 2.05) is 20.8 Å². The number of rotatable bonds is 5. The normalized spacial score (nSPS) is 26.8. The molecule has 0 saturated carbocycles. The Bertz CT molecular complexity index is 354. The van der Waals surface area contributed by atoms with Gasteiger partial charge in [-0.15, -0.1) is 0 Å². The second-order valence-corrected chi connectivity index (χ2v) is 7.82. The van der Waals surface area contributed by atoms with Gasteiger partial charge in [0.1, 0.15) is 5.60 Å². The van der Waals surface area contributed by atoms with Gasteiger partial charge in [0, 0.05) is 32.2 Å². The summed E-state index contributed by atoms with van der Waals surface area (Å²) in [7, 11) is 4.00. The van der Waals surface area contributed by atoms with Crippen LogP contribution in [0, 0.1) is 5.92 Å². The highest BCUT2D eigenvalue weighted by Gasteiger charge is 2.28. The summed E-state index contributed by atoms with van der Waals surface area (Å²) < 4.78 is 5.35. The summed E-state index contributed by atoms with van der Waals surface area (Å²) in [6.07, 6.45) is 1.90. The summed E-state index contributed by atoms with van der Waals surface area (Å²) in [5.74, 6) is 0.671. The SMILES string of the molecule is CC1CN(C)C(C)CC1NCCCN(C)C(=O)OC(C)(C)C. The van der Waals surface area contributed by atoms with E-state index in [2.05, 4.69) is 31.1 Å². The van der Waals surface area contributed by atoms with Gasteiger partial charge in [-0.05, 0) is 60.0 Å². The van der Waals surface area contributed by atoms with Gasteiger partial charge < -0.3 is 19.9 Å². The van der Waals surface area contributed by atoms with Crippen molar-refractivity contribution in [1.29, 1.82) is 0 Å². The zero-order valence-corrected chi connectivity index (χ0v) is 15.5. The molecule has 1 fully saturated rings. The van der Waals surface area contributed by atoms with Crippen molar-refractivity contribution in [3.63, 3.8) is 0 Å². The van der Waals surface area contributed by atoms with Crippen molar-refractivity contribution in [3.8, 4) is 0 Å². The van der Waals surface area contributed by atoms with Crippen LogP contribution in [0.4, 0.5) is 4.79 Å². The van der Waals surface area contributed by atoms with Gasteiger partial charge in [-0.25, -0.2) is 4.79 Å². The number of carbonyl (C=O) groups is 1. The number of amides is 1. The molecule has 1 amide bonds. The molecule has 0 aliphatic carbocycles. The van der Waals surface area contributed by atoms with Crippen molar-refractivity contribution in [1.82, 2.24) is 15.1 Å². The first-order chi connectivity index (χ1) is 10.1. The van der Waals surface area contributed by atoms with Crippen molar-refractivity contribution in [2.24, 2.45) is 5.92 Å². The van der Waals surface area contributed by atoms with Crippen molar-refractivity contribution in [2.45, 2.75) is 65.1 Å². The Morgan fingerprint density at radius 3 is 2.59 bits per heavy atom. The van der Waals surface area contributed by atoms with Gasteiger partial charge in [0.05, 0.1) is 0 Å². The summed E-state index contributed by atoms with van der Waals surface area (Å²) in [4.78, 5) is 16.0. The molecular weight excluding hydrogens is 278 g/mol. The van der Waals surface area contributed by atoms with Crippen LogP contribution in [0.1, 0.15) is 47.5 Å². The van der Waals surface area contributed by atoms with Crippen molar-refractivity contribution < 1.29 is 9.53 Å². The molecule has 1 saturated heterocycles. The molecule has 0 radical (unpaired) electrons. The van der Waals surface area contributed by atoms with Crippen LogP contribution in [0.15, 0.2) is 0 Å². The third kappa shape index (κ3) is 6.53. The molecule has 1 rings (SSSR count). The number of nitrogens with zero attached hydrogens (tertiary/aromatic N) is 2. The van der Waals surface area contributed by atoms with Crippen LogP contribution in [-0.4, -0.2) is 67.3 Å². The molecule has 130 valence electrons. The van der Waals surface area contributed by atoms with E-state index >= 15 is 0 Å². The van der Waals surface area contributed by atoms with Crippen LogP contribution < -0.4 is 5.32 Å². The average Bonchev–Trinajstić information content (AvgIpc) is 2.37. The molecule has 0 spiro atoms. The van der Waals surface area contributed by atoms with E-state index in [1.54, 1.807) is 11.9 Å². The van der Waals surface area contributed by atoms with Crippen molar-refractivity contribution in [3.05, 3.63) is 0 Å². The summed E-state index contributed by atoms with van der Waals surface area (Å²) in [6.45, 7) is 13.1. The molecule has 22 heavy (non-hydrogen) atoms. The smallest absolute Gasteiger partial charge is 0.410 e. The maximum Gasteiger partial charge on any atom is 0.410 e. The van der Waals surface area contributed by atoms with E-state index in [0.717, 1.165) is 26.1 Å². The van der Waals surface area contributed by atoms with E-state index in [-0.39, 0.29) is 6.09 Å². The fraction of sp³-hybridized carbons (Fsp3) is 0.941. The topological polar surface area (TPSA) is 44.8 Å². The maximum atomic E-state index is 11.9. The highest BCUT2D eigenvalue weighted by molar-refractivity contribution is 5.67. The van der Waals surface area contributed by atoms with E-state index in [4.69, 9.17) is 4.74 Å². The number of hydrogen-bond acceptors (Lipinski definition) is 4. The van der Waals surface area contributed by atoms with Gasteiger partial charge in [0.2, 0.25) is 0 Å². The lowest BCUT2D eigenvalue weighted by atomic mass is 9.90. The molecule has 5 heteroatoms. The predicted molar refractivity (Wildman–Crippen MR) is 91.1 cm³/mol. The van der Waals surface area contributed by atoms with Gasteiger partial charge in [-0.2, -0.15) is 0 Å². The molecule has 0 aromatic carbocycles. The minimum atomic E-state index is -0.427. The number of carbonyl (C=O) groups excluding carboxylic acids is 1. The Morgan fingerprint density at radius 2 is 2.00 bits per heavy atom. The number of piperidine rings is 1. The Balaban J connectivity index is 2.23. The number of ether oxygens (including phenoxy) is 1. The quantitative estimate of drug-likeness (QED) is 0.792. The monoisotopic (exact) mass is 313 g/mol. The van der Waals surface area contributed by atoms with E-state index in [0.29, 0.717) is 18.0 Å². The third-order valence-electron chi connectivity index (χ3n) is 4.39. The molecule has 1 aliphatic rings. The van der Waals surface area contributed by atoms with E-state index < -0.39 is 5.60 Å². The molecular formula is C17H35N3O2. The number of hydrogen-bond donors (Lipinski definition) is 1.